The summed E-state index contributed by atoms with van der Waals surface area (Å²) >= 11 is 1.76. The van der Waals surface area contributed by atoms with E-state index >= 15 is 0 Å². The van der Waals surface area contributed by atoms with Gasteiger partial charge in [0.05, 0.1) is 17.7 Å². The molecule has 0 N–H and O–H groups in total. The highest BCUT2D eigenvalue weighted by atomic mass is 32.2. The molecule has 4 aromatic rings. The summed E-state index contributed by atoms with van der Waals surface area (Å²) in [6, 6.07) is 29.9. The highest BCUT2D eigenvalue weighted by molar-refractivity contribution is 7.98. The number of nitrogens with zero attached hydrogens (tertiary/aromatic N) is 1. The van der Waals surface area contributed by atoms with Crippen LogP contribution in [-0.4, -0.2) is 16.7 Å². The number of carbonyl (C=O) groups is 2. The number of thioether (sulfide) groups is 1. The summed E-state index contributed by atoms with van der Waals surface area (Å²) in [4.78, 5) is 28.0. The lowest BCUT2D eigenvalue weighted by Crippen LogP contribution is -2.29. The van der Waals surface area contributed by atoms with Crippen molar-refractivity contribution in [3.63, 3.8) is 0 Å². The van der Waals surface area contributed by atoms with Gasteiger partial charge >= 0.3 is 0 Å². The lowest BCUT2D eigenvalue weighted by atomic mass is 10.1. The first kappa shape index (κ1) is 18.6. The van der Waals surface area contributed by atoms with E-state index in [-0.39, 0.29) is 11.8 Å². The van der Waals surface area contributed by atoms with Crippen LogP contribution in [-0.2, 0) is 12.3 Å². The van der Waals surface area contributed by atoms with Gasteiger partial charge < -0.3 is 0 Å². The zero-order valence-corrected chi connectivity index (χ0v) is 17.1. The highest BCUT2D eigenvalue weighted by Gasteiger charge is 2.35. The van der Waals surface area contributed by atoms with E-state index in [0.29, 0.717) is 17.7 Å². The average Bonchev–Trinajstić information content (AvgIpc) is 3.03. The maximum absolute atomic E-state index is 12.7. The molecule has 0 saturated carbocycles. The summed E-state index contributed by atoms with van der Waals surface area (Å²) in [5.41, 5.74) is 3.11. The SMILES string of the molecule is O=C1c2ccccc2C(=O)N1Cc1ccccc1CSc1ccc2ccccc2c1. The minimum Gasteiger partial charge on any atom is -0.270 e. The molecule has 1 heterocycles. The Hall–Kier alpha value is -3.37. The molecule has 0 atom stereocenters. The molecule has 0 aliphatic carbocycles. The number of carbonyl (C=O) groups excluding carboxylic acids is 2. The molecule has 0 saturated heterocycles. The number of hydrogen-bond donors (Lipinski definition) is 0. The van der Waals surface area contributed by atoms with E-state index in [1.54, 1.807) is 36.0 Å². The van der Waals surface area contributed by atoms with Crippen LogP contribution in [0.1, 0.15) is 31.8 Å². The maximum atomic E-state index is 12.7. The fraction of sp³-hybridized carbons (Fsp3) is 0.0769. The number of rotatable bonds is 5. The zero-order chi connectivity index (χ0) is 20.5. The Morgan fingerprint density at radius 3 is 1.97 bits per heavy atom. The minimum absolute atomic E-state index is 0.215. The van der Waals surface area contributed by atoms with Gasteiger partial charge in [-0.1, -0.05) is 66.7 Å². The van der Waals surface area contributed by atoms with Crippen LogP contribution in [0.2, 0.25) is 0 Å². The van der Waals surface area contributed by atoms with E-state index in [2.05, 4.69) is 36.4 Å². The van der Waals surface area contributed by atoms with Crippen LogP contribution < -0.4 is 0 Å². The number of amides is 2. The molecule has 5 rings (SSSR count). The Morgan fingerprint density at radius 2 is 1.23 bits per heavy atom. The van der Waals surface area contributed by atoms with Crippen LogP contribution in [0.5, 0.6) is 0 Å². The summed E-state index contributed by atoms with van der Waals surface area (Å²) in [6.45, 7) is 0.292. The predicted molar refractivity (Wildman–Crippen MR) is 121 cm³/mol. The molecule has 0 bridgehead atoms. The molecule has 146 valence electrons. The van der Waals surface area contributed by atoms with Crippen LogP contribution in [0.4, 0.5) is 0 Å². The Labute approximate surface area is 179 Å². The molecule has 3 nitrogen and oxygen atoms in total. The van der Waals surface area contributed by atoms with Crippen LogP contribution in [0.25, 0.3) is 10.8 Å². The second-order valence-corrected chi connectivity index (χ2v) is 8.36. The van der Waals surface area contributed by atoms with Gasteiger partial charge in [0.2, 0.25) is 0 Å². The molecule has 0 radical (unpaired) electrons. The fourth-order valence-corrected chi connectivity index (χ4v) is 4.80. The number of imide groups is 1. The number of benzene rings is 4. The monoisotopic (exact) mass is 409 g/mol. The van der Waals surface area contributed by atoms with Gasteiger partial charge in [0.15, 0.2) is 0 Å². The molecule has 30 heavy (non-hydrogen) atoms. The molecule has 0 fully saturated rings. The summed E-state index contributed by atoms with van der Waals surface area (Å²) in [6.07, 6.45) is 0. The van der Waals surface area contributed by atoms with E-state index in [9.17, 15) is 9.59 Å². The second-order valence-electron chi connectivity index (χ2n) is 7.31. The predicted octanol–water partition coefficient (Wildman–Crippen LogP) is 5.93. The molecule has 0 unspecified atom stereocenters. The van der Waals surface area contributed by atoms with Crippen molar-refractivity contribution < 1.29 is 9.59 Å². The first-order valence-corrected chi connectivity index (χ1v) is 10.8. The third-order valence-electron chi connectivity index (χ3n) is 5.44. The molecule has 1 aliphatic heterocycles. The van der Waals surface area contributed by atoms with E-state index in [0.717, 1.165) is 16.9 Å². The average molecular weight is 410 g/mol. The molecule has 0 aromatic heterocycles. The molecule has 0 spiro atoms. The number of fused-ring (bicyclic) bond motifs is 2. The smallest absolute Gasteiger partial charge is 0.261 e. The summed E-state index contributed by atoms with van der Waals surface area (Å²) < 4.78 is 0. The van der Waals surface area contributed by atoms with Crippen molar-refractivity contribution in [2.24, 2.45) is 0 Å². The van der Waals surface area contributed by atoms with Crippen molar-refractivity contribution in [2.75, 3.05) is 0 Å². The molecule has 1 aliphatic rings. The van der Waals surface area contributed by atoms with Crippen LogP contribution >= 0.6 is 11.8 Å². The van der Waals surface area contributed by atoms with Gasteiger partial charge in [-0.15, -0.1) is 11.8 Å². The largest absolute Gasteiger partial charge is 0.270 e. The van der Waals surface area contributed by atoms with Gasteiger partial charge in [-0.05, 0) is 46.2 Å². The van der Waals surface area contributed by atoms with Crippen molar-refractivity contribution in [1.29, 1.82) is 0 Å². The maximum Gasteiger partial charge on any atom is 0.261 e. The Morgan fingerprint density at radius 1 is 0.633 bits per heavy atom. The molecule has 4 heteroatoms. The normalized spacial score (nSPS) is 13.1. The number of hydrogen-bond acceptors (Lipinski definition) is 3. The summed E-state index contributed by atoms with van der Waals surface area (Å²) in [5, 5.41) is 2.45. The van der Waals surface area contributed by atoms with Crippen molar-refractivity contribution in [3.05, 3.63) is 113 Å². The first-order chi connectivity index (χ1) is 14.7. The van der Waals surface area contributed by atoms with Crippen molar-refractivity contribution in [1.82, 2.24) is 4.90 Å². The van der Waals surface area contributed by atoms with E-state index in [1.807, 2.05) is 30.3 Å². The van der Waals surface area contributed by atoms with Gasteiger partial charge in [-0.3, -0.25) is 14.5 Å². The zero-order valence-electron chi connectivity index (χ0n) is 16.2. The Bertz CT molecular complexity index is 1250. The molecule has 4 aromatic carbocycles. The lowest BCUT2D eigenvalue weighted by molar-refractivity contribution is 0.0642. The third kappa shape index (κ3) is 3.40. The topological polar surface area (TPSA) is 37.4 Å². The van der Waals surface area contributed by atoms with Gasteiger partial charge in [0.25, 0.3) is 11.8 Å². The van der Waals surface area contributed by atoms with E-state index < -0.39 is 0 Å². The van der Waals surface area contributed by atoms with Gasteiger partial charge in [-0.2, -0.15) is 0 Å². The van der Waals surface area contributed by atoms with Crippen molar-refractivity contribution in [3.8, 4) is 0 Å². The van der Waals surface area contributed by atoms with Gasteiger partial charge in [-0.25, -0.2) is 0 Å². The fourth-order valence-electron chi connectivity index (χ4n) is 3.82. The quantitative estimate of drug-likeness (QED) is 0.303. The van der Waals surface area contributed by atoms with Crippen molar-refractivity contribution in [2.45, 2.75) is 17.2 Å². The first-order valence-electron chi connectivity index (χ1n) is 9.84. The second kappa shape index (κ2) is 7.81. The Balaban J connectivity index is 1.36. The minimum atomic E-state index is -0.215. The standard InChI is InChI=1S/C26H19NO2S/c28-25-23-11-5-6-12-24(23)26(29)27(25)16-20-9-3-4-10-21(20)17-30-22-14-13-18-7-1-2-8-19(18)15-22/h1-15H,16-17H2. The Kier molecular flexibility index (Phi) is 4.85. The third-order valence-corrected chi connectivity index (χ3v) is 6.48. The highest BCUT2D eigenvalue weighted by Crippen LogP contribution is 2.29. The summed E-state index contributed by atoms with van der Waals surface area (Å²) in [5.74, 6) is 0.345. The lowest BCUT2D eigenvalue weighted by Gasteiger charge is -2.17. The van der Waals surface area contributed by atoms with Gasteiger partial charge in [0.1, 0.15) is 0 Å². The van der Waals surface area contributed by atoms with E-state index in [1.165, 1.54) is 20.6 Å². The van der Waals surface area contributed by atoms with Crippen molar-refractivity contribution >= 4 is 34.3 Å². The van der Waals surface area contributed by atoms with Crippen LogP contribution in [0.3, 0.4) is 0 Å². The molecular formula is C26H19NO2S. The van der Waals surface area contributed by atoms with E-state index in [4.69, 9.17) is 0 Å². The molecule has 2 amide bonds. The molecular weight excluding hydrogens is 390 g/mol. The van der Waals surface area contributed by atoms with Gasteiger partial charge in [0, 0.05) is 10.6 Å². The summed E-state index contributed by atoms with van der Waals surface area (Å²) in [7, 11) is 0. The van der Waals surface area contributed by atoms with Crippen LogP contribution in [0, 0.1) is 0 Å². The van der Waals surface area contributed by atoms with Crippen LogP contribution in [0.15, 0.2) is 95.9 Å².